The van der Waals surface area contributed by atoms with E-state index >= 15 is 0 Å². The van der Waals surface area contributed by atoms with Gasteiger partial charge in [-0.25, -0.2) is 0 Å². The number of nitrogens with zero attached hydrogens (tertiary/aromatic N) is 2. The number of aryl methyl sites for hydroxylation is 1. The number of benzene rings is 1. The Balaban J connectivity index is 2.05. The number of carbonyl (C=O) groups is 1. The predicted molar refractivity (Wildman–Crippen MR) is 71.6 cm³/mol. The summed E-state index contributed by atoms with van der Waals surface area (Å²) in [6.45, 7) is 1.92. The highest BCUT2D eigenvalue weighted by molar-refractivity contribution is 9.10. The Morgan fingerprint density at radius 1 is 1.56 bits per heavy atom. The molecule has 1 aromatic heterocycles. The van der Waals surface area contributed by atoms with Gasteiger partial charge in [-0.15, -0.1) is 12.6 Å². The van der Waals surface area contributed by atoms with Crippen LogP contribution in [0.3, 0.4) is 0 Å². The number of hydrogen-bond acceptors (Lipinski definition) is 5. The fourth-order valence-corrected chi connectivity index (χ4v) is 1.98. The number of carbonyl (C=O) groups excluding carboxylic acids is 1. The molecule has 0 atom stereocenters. The molecule has 5 nitrogen and oxygen atoms in total. The Kier molecular flexibility index (Phi) is 4.03. The smallest absolute Gasteiger partial charge is 0.252 e. The van der Waals surface area contributed by atoms with Crippen LogP contribution in [0.4, 0.5) is 0 Å². The topological polar surface area (TPSA) is 68.0 Å². The van der Waals surface area contributed by atoms with E-state index in [2.05, 4.69) is 44.0 Å². The molecule has 2 aromatic rings. The first kappa shape index (κ1) is 13.1. The van der Waals surface area contributed by atoms with E-state index in [-0.39, 0.29) is 12.5 Å². The second-order valence-corrected chi connectivity index (χ2v) is 4.95. The van der Waals surface area contributed by atoms with Crippen LogP contribution in [0.1, 0.15) is 22.1 Å². The first-order valence-corrected chi connectivity index (χ1v) is 6.36. The Bertz CT molecular complexity index is 585. The summed E-state index contributed by atoms with van der Waals surface area (Å²) >= 11 is 7.51. The van der Waals surface area contributed by atoms with Crippen LogP contribution in [0.15, 0.2) is 32.1 Å². The maximum absolute atomic E-state index is 11.9. The number of hydrogen-bond donors (Lipinski definition) is 2. The maximum atomic E-state index is 11.9. The van der Waals surface area contributed by atoms with E-state index in [4.69, 9.17) is 4.52 Å². The fourth-order valence-electron chi connectivity index (χ4n) is 1.35. The third kappa shape index (κ3) is 3.11. The zero-order chi connectivity index (χ0) is 13.1. The molecule has 0 saturated heterocycles. The van der Waals surface area contributed by atoms with E-state index in [9.17, 15) is 4.79 Å². The highest BCUT2D eigenvalue weighted by atomic mass is 79.9. The van der Waals surface area contributed by atoms with Crippen LogP contribution in [0.5, 0.6) is 0 Å². The summed E-state index contributed by atoms with van der Waals surface area (Å²) in [7, 11) is 0. The molecule has 0 bridgehead atoms. The first-order valence-electron chi connectivity index (χ1n) is 5.12. The van der Waals surface area contributed by atoms with E-state index in [1.54, 1.807) is 25.1 Å². The molecule has 0 fully saturated rings. The Hall–Kier alpha value is -1.34. The zero-order valence-corrected chi connectivity index (χ0v) is 12.0. The van der Waals surface area contributed by atoms with Crippen LogP contribution >= 0.6 is 28.6 Å². The summed E-state index contributed by atoms with van der Waals surface area (Å²) in [4.78, 5) is 16.6. The second kappa shape index (κ2) is 5.53. The Labute approximate surface area is 118 Å². The van der Waals surface area contributed by atoms with Crippen LogP contribution in [-0.4, -0.2) is 16.0 Å². The summed E-state index contributed by atoms with van der Waals surface area (Å²) in [6.07, 6.45) is 0. The molecule has 1 N–H and O–H groups in total. The van der Waals surface area contributed by atoms with E-state index in [0.717, 1.165) is 4.90 Å². The van der Waals surface area contributed by atoms with Crippen molar-refractivity contribution in [3.8, 4) is 0 Å². The third-order valence-corrected chi connectivity index (χ3v) is 3.13. The molecule has 2 rings (SSSR count). The SMILES string of the molecule is Cc1noc(CNC(=O)c2cc(S)ccc2Br)n1. The van der Waals surface area contributed by atoms with Crippen molar-refractivity contribution >= 4 is 34.5 Å². The molecule has 0 aliphatic rings. The summed E-state index contributed by atoms with van der Waals surface area (Å²) < 4.78 is 5.61. The lowest BCUT2D eigenvalue weighted by Gasteiger charge is -2.05. The van der Waals surface area contributed by atoms with Crippen molar-refractivity contribution in [3.05, 3.63) is 40.0 Å². The van der Waals surface area contributed by atoms with Gasteiger partial charge in [-0.05, 0) is 41.1 Å². The molecular weight excluding hydrogens is 318 g/mol. The lowest BCUT2D eigenvalue weighted by molar-refractivity contribution is 0.0945. The van der Waals surface area contributed by atoms with Gasteiger partial charge in [0.25, 0.3) is 5.91 Å². The lowest BCUT2D eigenvalue weighted by atomic mass is 10.2. The summed E-state index contributed by atoms with van der Waals surface area (Å²) in [5.41, 5.74) is 0.513. The molecular formula is C11H10BrN3O2S. The number of halogens is 1. The number of rotatable bonds is 3. The number of thiol groups is 1. The van der Waals surface area contributed by atoms with Gasteiger partial charge in [0.15, 0.2) is 5.82 Å². The van der Waals surface area contributed by atoms with Crippen LogP contribution in [0.25, 0.3) is 0 Å². The number of aromatic nitrogens is 2. The van der Waals surface area contributed by atoms with E-state index in [0.29, 0.717) is 21.8 Å². The monoisotopic (exact) mass is 327 g/mol. The zero-order valence-electron chi connectivity index (χ0n) is 9.48. The quantitative estimate of drug-likeness (QED) is 0.849. The summed E-state index contributed by atoms with van der Waals surface area (Å²) in [6, 6.07) is 5.25. The highest BCUT2D eigenvalue weighted by Gasteiger charge is 2.11. The van der Waals surface area contributed by atoms with Gasteiger partial charge in [-0.2, -0.15) is 4.98 Å². The normalized spacial score (nSPS) is 10.4. The molecule has 0 unspecified atom stereocenters. The molecule has 0 radical (unpaired) electrons. The van der Waals surface area contributed by atoms with Crippen molar-refractivity contribution in [3.63, 3.8) is 0 Å². The van der Waals surface area contributed by atoms with Gasteiger partial charge < -0.3 is 9.84 Å². The fraction of sp³-hybridized carbons (Fsp3) is 0.182. The average Bonchev–Trinajstić information content (AvgIpc) is 2.75. The maximum Gasteiger partial charge on any atom is 0.252 e. The van der Waals surface area contributed by atoms with Gasteiger partial charge in [0.05, 0.1) is 12.1 Å². The van der Waals surface area contributed by atoms with E-state index in [1.807, 2.05) is 0 Å². The van der Waals surface area contributed by atoms with Crippen LogP contribution in [0.2, 0.25) is 0 Å². The van der Waals surface area contributed by atoms with Gasteiger partial charge in [-0.3, -0.25) is 4.79 Å². The van der Waals surface area contributed by atoms with Gasteiger partial charge in [0.1, 0.15) is 0 Å². The van der Waals surface area contributed by atoms with Gasteiger partial charge in [-0.1, -0.05) is 5.16 Å². The van der Waals surface area contributed by atoms with Crippen LogP contribution in [-0.2, 0) is 6.54 Å². The molecule has 0 aliphatic carbocycles. The molecule has 7 heteroatoms. The standard InChI is InChI=1S/C11H10BrN3O2S/c1-6-14-10(17-15-6)5-13-11(16)8-4-7(18)2-3-9(8)12/h2-4,18H,5H2,1H3,(H,13,16). The van der Waals surface area contributed by atoms with Crippen molar-refractivity contribution in [1.29, 1.82) is 0 Å². The largest absolute Gasteiger partial charge is 0.343 e. The third-order valence-electron chi connectivity index (χ3n) is 2.16. The van der Waals surface area contributed by atoms with Crippen LogP contribution < -0.4 is 5.32 Å². The van der Waals surface area contributed by atoms with Gasteiger partial charge >= 0.3 is 0 Å². The first-order chi connectivity index (χ1) is 8.56. The van der Waals surface area contributed by atoms with Crippen molar-refractivity contribution in [2.45, 2.75) is 18.4 Å². The molecule has 1 amide bonds. The average molecular weight is 328 g/mol. The predicted octanol–water partition coefficient (Wildman–Crippen LogP) is 2.36. The number of amides is 1. The summed E-state index contributed by atoms with van der Waals surface area (Å²) in [5, 5.41) is 6.34. The molecule has 18 heavy (non-hydrogen) atoms. The molecule has 94 valence electrons. The molecule has 0 spiro atoms. The van der Waals surface area contributed by atoms with E-state index < -0.39 is 0 Å². The highest BCUT2D eigenvalue weighted by Crippen LogP contribution is 2.20. The second-order valence-electron chi connectivity index (χ2n) is 3.58. The minimum atomic E-state index is -0.228. The molecule has 1 heterocycles. The number of nitrogens with one attached hydrogen (secondary N) is 1. The minimum Gasteiger partial charge on any atom is -0.343 e. The van der Waals surface area contributed by atoms with Crippen molar-refractivity contribution in [1.82, 2.24) is 15.5 Å². The van der Waals surface area contributed by atoms with Gasteiger partial charge in [0, 0.05) is 9.37 Å². The Morgan fingerprint density at radius 2 is 2.33 bits per heavy atom. The summed E-state index contributed by atoms with van der Waals surface area (Å²) in [5.74, 6) is 0.686. The van der Waals surface area contributed by atoms with E-state index in [1.165, 1.54) is 0 Å². The molecule has 1 aromatic carbocycles. The Morgan fingerprint density at radius 3 is 3.00 bits per heavy atom. The minimum absolute atomic E-state index is 0.197. The van der Waals surface area contributed by atoms with Crippen molar-refractivity contribution in [2.75, 3.05) is 0 Å². The van der Waals surface area contributed by atoms with Gasteiger partial charge in [0.2, 0.25) is 5.89 Å². The van der Waals surface area contributed by atoms with Crippen molar-refractivity contribution < 1.29 is 9.32 Å². The van der Waals surface area contributed by atoms with Crippen LogP contribution in [0, 0.1) is 6.92 Å². The molecule has 0 aliphatic heterocycles. The molecule has 0 saturated carbocycles. The lowest BCUT2D eigenvalue weighted by Crippen LogP contribution is -2.23. The van der Waals surface area contributed by atoms with Crippen molar-refractivity contribution in [2.24, 2.45) is 0 Å².